The van der Waals surface area contributed by atoms with Gasteiger partial charge in [-0.05, 0) is 31.0 Å². The fraction of sp³-hybridized carbons (Fsp3) is 0.455. The third kappa shape index (κ3) is 2.65. The number of benzene rings is 1. The van der Waals surface area contributed by atoms with Crippen LogP contribution in [0.25, 0.3) is 0 Å². The van der Waals surface area contributed by atoms with Gasteiger partial charge in [0.25, 0.3) is 0 Å². The summed E-state index contributed by atoms with van der Waals surface area (Å²) in [6.45, 7) is 0.602. The molecule has 0 aromatic heterocycles. The Morgan fingerprint density at radius 1 is 1.17 bits per heavy atom. The molecular weight excluding hydrogens is 284 g/mol. The summed E-state index contributed by atoms with van der Waals surface area (Å²) < 4.78 is 51.4. The molecule has 1 aromatic rings. The monoisotopic (exact) mass is 295 g/mol. The number of alkyl halides is 1. The summed E-state index contributed by atoms with van der Waals surface area (Å²) in [5, 5.41) is -0.0265. The first-order chi connectivity index (χ1) is 8.41. The molecule has 3 nitrogen and oxygen atoms in total. The minimum absolute atomic E-state index is 0.0265. The Kier molecular flexibility index (Phi) is 3.89. The zero-order chi connectivity index (χ0) is 13.3. The van der Waals surface area contributed by atoms with Crippen LogP contribution in [0.4, 0.5) is 8.78 Å². The number of halogens is 3. The summed E-state index contributed by atoms with van der Waals surface area (Å²) in [5.74, 6) is -2.23. The lowest BCUT2D eigenvalue weighted by Crippen LogP contribution is -2.38. The van der Waals surface area contributed by atoms with Crippen LogP contribution in [0.2, 0.25) is 0 Å². The molecule has 18 heavy (non-hydrogen) atoms. The molecule has 1 fully saturated rings. The van der Waals surface area contributed by atoms with Crippen LogP contribution in [0.3, 0.4) is 0 Å². The van der Waals surface area contributed by atoms with Crippen LogP contribution in [-0.4, -0.2) is 31.2 Å². The third-order valence-electron chi connectivity index (χ3n) is 2.91. The molecule has 1 aliphatic heterocycles. The van der Waals surface area contributed by atoms with Crippen LogP contribution in [0.5, 0.6) is 0 Å². The van der Waals surface area contributed by atoms with Crippen molar-refractivity contribution in [3.05, 3.63) is 29.8 Å². The van der Waals surface area contributed by atoms with Crippen molar-refractivity contribution in [2.45, 2.75) is 23.1 Å². The SMILES string of the molecule is O=S(=O)(c1ccc(F)c(F)c1)N1CCC(Cl)CC1. The Morgan fingerprint density at radius 2 is 1.78 bits per heavy atom. The quantitative estimate of drug-likeness (QED) is 0.786. The highest BCUT2D eigenvalue weighted by molar-refractivity contribution is 7.89. The van der Waals surface area contributed by atoms with Gasteiger partial charge in [-0.1, -0.05) is 0 Å². The van der Waals surface area contributed by atoms with E-state index in [-0.39, 0.29) is 10.3 Å². The third-order valence-corrected chi connectivity index (χ3v) is 5.24. The molecule has 0 unspecified atom stereocenters. The molecule has 0 atom stereocenters. The van der Waals surface area contributed by atoms with Gasteiger partial charge in [-0.25, -0.2) is 17.2 Å². The summed E-state index contributed by atoms with van der Waals surface area (Å²) in [6.07, 6.45) is 1.12. The number of piperidine rings is 1. The molecule has 0 aliphatic carbocycles. The van der Waals surface area contributed by atoms with Gasteiger partial charge in [0.15, 0.2) is 11.6 Å². The lowest BCUT2D eigenvalue weighted by Gasteiger charge is -2.28. The van der Waals surface area contributed by atoms with E-state index in [0.717, 1.165) is 12.1 Å². The van der Waals surface area contributed by atoms with E-state index in [1.165, 1.54) is 4.31 Å². The average Bonchev–Trinajstić information content (AvgIpc) is 2.33. The maximum absolute atomic E-state index is 13.1. The highest BCUT2D eigenvalue weighted by Gasteiger charge is 2.29. The predicted molar refractivity (Wildman–Crippen MR) is 64.0 cm³/mol. The number of rotatable bonds is 2. The summed E-state index contributed by atoms with van der Waals surface area (Å²) in [6, 6.07) is 2.59. The molecule has 1 saturated heterocycles. The molecule has 1 aromatic carbocycles. The van der Waals surface area contributed by atoms with Crippen molar-refractivity contribution in [1.29, 1.82) is 0 Å². The predicted octanol–water partition coefficient (Wildman–Crippen LogP) is 2.36. The Bertz CT molecular complexity index is 542. The second-order valence-electron chi connectivity index (χ2n) is 4.15. The van der Waals surface area contributed by atoms with Gasteiger partial charge in [-0.15, -0.1) is 11.6 Å². The summed E-state index contributed by atoms with van der Waals surface area (Å²) >= 11 is 5.89. The molecule has 7 heteroatoms. The van der Waals surface area contributed by atoms with Crippen molar-refractivity contribution < 1.29 is 17.2 Å². The Morgan fingerprint density at radius 3 is 2.33 bits per heavy atom. The maximum Gasteiger partial charge on any atom is 0.243 e. The van der Waals surface area contributed by atoms with Gasteiger partial charge in [-0.2, -0.15) is 4.31 Å². The smallest absolute Gasteiger partial charge is 0.207 e. The number of nitrogens with zero attached hydrogens (tertiary/aromatic N) is 1. The van der Waals surface area contributed by atoms with E-state index in [0.29, 0.717) is 32.0 Å². The largest absolute Gasteiger partial charge is 0.243 e. The van der Waals surface area contributed by atoms with Gasteiger partial charge in [0, 0.05) is 18.5 Å². The molecule has 1 aliphatic rings. The highest BCUT2D eigenvalue weighted by atomic mass is 35.5. The van der Waals surface area contributed by atoms with Crippen LogP contribution in [-0.2, 0) is 10.0 Å². The van der Waals surface area contributed by atoms with E-state index in [1.54, 1.807) is 0 Å². The normalized spacial score (nSPS) is 19.1. The zero-order valence-corrected chi connectivity index (χ0v) is 11.0. The summed E-state index contributed by atoms with van der Waals surface area (Å²) in [4.78, 5) is -0.227. The number of hydrogen-bond acceptors (Lipinski definition) is 2. The lowest BCUT2D eigenvalue weighted by molar-refractivity contribution is 0.350. The minimum atomic E-state index is -3.76. The second kappa shape index (κ2) is 5.11. The van der Waals surface area contributed by atoms with Crippen molar-refractivity contribution in [3.8, 4) is 0 Å². The van der Waals surface area contributed by atoms with Gasteiger partial charge >= 0.3 is 0 Å². The fourth-order valence-electron chi connectivity index (χ4n) is 1.85. The van der Waals surface area contributed by atoms with Gasteiger partial charge in [0.2, 0.25) is 10.0 Å². The first-order valence-electron chi connectivity index (χ1n) is 5.50. The zero-order valence-electron chi connectivity index (χ0n) is 9.44. The molecule has 2 rings (SSSR count). The van der Waals surface area contributed by atoms with Crippen molar-refractivity contribution in [2.24, 2.45) is 0 Å². The maximum atomic E-state index is 13.1. The van der Waals surface area contributed by atoms with Crippen molar-refractivity contribution in [1.82, 2.24) is 4.31 Å². The molecule has 1 heterocycles. The standard InChI is InChI=1S/C11H12ClF2NO2S/c12-8-3-5-15(6-4-8)18(16,17)9-1-2-10(13)11(14)7-9/h1-2,7-8H,3-6H2. The van der Waals surface area contributed by atoms with E-state index in [4.69, 9.17) is 11.6 Å². The Hall–Kier alpha value is -0.720. The van der Waals surface area contributed by atoms with Gasteiger partial charge in [0.05, 0.1) is 4.90 Å². The van der Waals surface area contributed by atoms with Crippen LogP contribution >= 0.6 is 11.6 Å². The van der Waals surface area contributed by atoms with Gasteiger partial charge in [-0.3, -0.25) is 0 Å². The van der Waals surface area contributed by atoms with Crippen LogP contribution < -0.4 is 0 Å². The molecule has 100 valence electrons. The first kappa shape index (κ1) is 13.7. The van der Waals surface area contributed by atoms with E-state index in [9.17, 15) is 17.2 Å². The first-order valence-corrected chi connectivity index (χ1v) is 7.38. The van der Waals surface area contributed by atoms with Crippen LogP contribution in [0.15, 0.2) is 23.1 Å². The molecule has 0 amide bonds. The molecule has 0 N–H and O–H groups in total. The van der Waals surface area contributed by atoms with Crippen LogP contribution in [0.1, 0.15) is 12.8 Å². The number of sulfonamides is 1. The molecule has 0 bridgehead atoms. The Labute approximate surface area is 109 Å². The second-order valence-corrected chi connectivity index (χ2v) is 6.71. The van der Waals surface area contributed by atoms with Gasteiger partial charge < -0.3 is 0 Å². The van der Waals surface area contributed by atoms with Crippen molar-refractivity contribution in [3.63, 3.8) is 0 Å². The summed E-state index contributed by atoms with van der Waals surface area (Å²) in [5.41, 5.74) is 0. The minimum Gasteiger partial charge on any atom is -0.207 e. The van der Waals surface area contributed by atoms with E-state index < -0.39 is 21.7 Å². The van der Waals surface area contributed by atoms with Gasteiger partial charge in [0.1, 0.15) is 0 Å². The Balaban J connectivity index is 2.27. The van der Waals surface area contributed by atoms with Crippen LogP contribution in [0, 0.1) is 11.6 Å². The van der Waals surface area contributed by atoms with Crippen molar-refractivity contribution in [2.75, 3.05) is 13.1 Å². The molecule has 0 radical (unpaired) electrons. The highest BCUT2D eigenvalue weighted by Crippen LogP contribution is 2.23. The average molecular weight is 296 g/mol. The molecule has 0 saturated carbocycles. The molecule has 0 spiro atoms. The lowest BCUT2D eigenvalue weighted by atomic mass is 10.2. The fourth-order valence-corrected chi connectivity index (χ4v) is 3.53. The topological polar surface area (TPSA) is 37.4 Å². The van der Waals surface area contributed by atoms with E-state index in [2.05, 4.69) is 0 Å². The molecular formula is C11H12ClF2NO2S. The van der Waals surface area contributed by atoms with Crippen molar-refractivity contribution >= 4 is 21.6 Å². The summed E-state index contributed by atoms with van der Waals surface area (Å²) in [7, 11) is -3.76. The van der Waals surface area contributed by atoms with E-state index in [1.807, 2.05) is 0 Å². The number of hydrogen-bond donors (Lipinski definition) is 0. The van der Waals surface area contributed by atoms with E-state index >= 15 is 0 Å².